The molecular formula is C12H26O. The van der Waals surface area contributed by atoms with Crippen molar-refractivity contribution in [3.63, 3.8) is 0 Å². The van der Waals surface area contributed by atoms with Crippen molar-refractivity contribution in [1.82, 2.24) is 0 Å². The molecule has 0 bridgehead atoms. The van der Waals surface area contributed by atoms with Gasteiger partial charge in [-0.25, -0.2) is 0 Å². The third kappa shape index (κ3) is 7.06. The summed E-state index contributed by atoms with van der Waals surface area (Å²) in [6.45, 7) is 9.56. The van der Waals surface area contributed by atoms with Gasteiger partial charge in [0.2, 0.25) is 0 Å². The van der Waals surface area contributed by atoms with Crippen LogP contribution in [-0.2, 0) is 4.74 Å². The van der Waals surface area contributed by atoms with Crippen molar-refractivity contribution in [1.29, 1.82) is 0 Å². The van der Waals surface area contributed by atoms with E-state index in [2.05, 4.69) is 13.8 Å². The minimum atomic E-state index is 0.589. The fourth-order valence-corrected chi connectivity index (χ4v) is 1.55. The van der Waals surface area contributed by atoms with E-state index in [1.165, 1.54) is 32.1 Å². The van der Waals surface area contributed by atoms with Crippen LogP contribution in [0.15, 0.2) is 0 Å². The number of ether oxygens (including phenoxy) is 1. The first-order valence-electron chi connectivity index (χ1n) is 5.90. The summed E-state index contributed by atoms with van der Waals surface area (Å²) in [4.78, 5) is 0. The lowest BCUT2D eigenvalue weighted by atomic mass is 10.00. The number of hydrogen-bond donors (Lipinski definition) is 0. The standard InChI is InChI=1S/C10H20O.C2H6/c1-9(2)6-7-10-5-3-4-8-11-10;1-2/h9-10H,3-8H2,1-2H3;1-2H3. The van der Waals surface area contributed by atoms with Crippen LogP contribution in [0.2, 0.25) is 0 Å². The van der Waals surface area contributed by atoms with Crippen LogP contribution >= 0.6 is 0 Å². The number of rotatable bonds is 3. The monoisotopic (exact) mass is 186 g/mol. The van der Waals surface area contributed by atoms with E-state index >= 15 is 0 Å². The van der Waals surface area contributed by atoms with Crippen LogP contribution in [0.4, 0.5) is 0 Å². The highest BCUT2D eigenvalue weighted by Gasteiger charge is 2.13. The Morgan fingerprint density at radius 2 is 1.92 bits per heavy atom. The Labute approximate surface area is 83.9 Å². The second kappa shape index (κ2) is 8.55. The van der Waals surface area contributed by atoms with Gasteiger partial charge in [0.25, 0.3) is 0 Å². The zero-order chi connectivity index (χ0) is 10.1. The highest BCUT2D eigenvalue weighted by molar-refractivity contribution is 4.64. The van der Waals surface area contributed by atoms with Gasteiger partial charge in [-0.1, -0.05) is 27.7 Å². The second-order valence-corrected chi connectivity index (χ2v) is 3.96. The minimum absolute atomic E-state index is 0.589. The van der Waals surface area contributed by atoms with Gasteiger partial charge in [-0.3, -0.25) is 0 Å². The Balaban J connectivity index is 0.000000671. The molecular weight excluding hydrogens is 160 g/mol. The van der Waals surface area contributed by atoms with Gasteiger partial charge in [0.15, 0.2) is 0 Å². The van der Waals surface area contributed by atoms with E-state index in [-0.39, 0.29) is 0 Å². The van der Waals surface area contributed by atoms with E-state index in [0.29, 0.717) is 6.10 Å². The topological polar surface area (TPSA) is 9.23 Å². The summed E-state index contributed by atoms with van der Waals surface area (Å²) in [5.41, 5.74) is 0. The largest absolute Gasteiger partial charge is 0.378 e. The first-order valence-corrected chi connectivity index (χ1v) is 5.90. The SMILES string of the molecule is CC.CC(C)CCC1CCCCO1. The van der Waals surface area contributed by atoms with Crippen molar-refractivity contribution in [2.75, 3.05) is 6.61 Å². The molecule has 0 amide bonds. The van der Waals surface area contributed by atoms with Crippen LogP contribution < -0.4 is 0 Å². The van der Waals surface area contributed by atoms with Gasteiger partial charge in [-0.05, 0) is 38.0 Å². The molecule has 1 heterocycles. The van der Waals surface area contributed by atoms with Crippen LogP contribution in [0.25, 0.3) is 0 Å². The van der Waals surface area contributed by atoms with Crippen molar-refractivity contribution >= 4 is 0 Å². The fraction of sp³-hybridized carbons (Fsp3) is 1.00. The Morgan fingerprint density at radius 3 is 2.38 bits per heavy atom. The van der Waals surface area contributed by atoms with Crippen molar-refractivity contribution in [2.45, 2.75) is 65.9 Å². The van der Waals surface area contributed by atoms with Gasteiger partial charge in [-0.15, -0.1) is 0 Å². The first kappa shape index (κ1) is 13.0. The molecule has 1 saturated heterocycles. The molecule has 0 aromatic carbocycles. The van der Waals surface area contributed by atoms with E-state index < -0.39 is 0 Å². The molecule has 1 rings (SSSR count). The highest BCUT2D eigenvalue weighted by atomic mass is 16.5. The van der Waals surface area contributed by atoms with E-state index in [9.17, 15) is 0 Å². The Kier molecular flexibility index (Phi) is 8.53. The summed E-state index contributed by atoms with van der Waals surface area (Å²) in [6.07, 6.45) is 7.14. The molecule has 0 aromatic rings. The average molecular weight is 186 g/mol. The fourth-order valence-electron chi connectivity index (χ4n) is 1.55. The van der Waals surface area contributed by atoms with E-state index in [4.69, 9.17) is 4.74 Å². The molecule has 1 aliphatic heterocycles. The molecule has 1 aliphatic rings. The predicted octanol–water partition coefficient (Wildman–Crippen LogP) is 4.02. The predicted molar refractivity (Wildman–Crippen MR) is 59.0 cm³/mol. The maximum atomic E-state index is 5.63. The normalized spacial score (nSPS) is 22.4. The molecule has 1 heteroatoms. The van der Waals surface area contributed by atoms with E-state index in [1.807, 2.05) is 13.8 Å². The first-order chi connectivity index (χ1) is 6.29. The van der Waals surface area contributed by atoms with Crippen LogP contribution in [-0.4, -0.2) is 12.7 Å². The van der Waals surface area contributed by atoms with Crippen molar-refractivity contribution in [3.8, 4) is 0 Å². The summed E-state index contributed by atoms with van der Waals surface area (Å²) in [5.74, 6) is 0.834. The summed E-state index contributed by atoms with van der Waals surface area (Å²) in [7, 11) is 0. The quantitative estimate of drug-likeness (QED) is 0.647. The van der Waals surface area contributed by atoms with Crippen molar-refractivity contribution in [2.24, 2.45) is 5.92 Å². The smallest absolute Gasteiger partial charge is 0.0575 e. The Bertz CT molecular complexity index is 93.3. The molecule has 0 saturated carbocycles. The molecule has 1 nitrogen and oxygen atoms in total. The number of hydrogen-bond acceptors (Lipinski definition) is 1. The highest BCUT2D eigenvalue weighted by Crippen LogP contribution is 2.18. The molecule has 0 aromatic heterocycles. The minimum Gasteiger partial charge on any atom is -0.378 e. The lowest BCUT2D eigenvalue weighted by Gasteiger charge is -2.22. The van der Waals surface area contributed by atoms with Gasteiger partial charge < -0.3 is 4.74 Å². The van der Waals surface area contributed by atoms with Gasteiger partial charge in [0.1, 0.15) is 0 Å². The molecule has 0 N–H and O–H groups in total. The zero-order valence-electron chi connectivity index (χ0n) is 9.81. The van der Waals surface area contributed by atoms with E-state index in [0.717, 1.165) is 12.5 Å². The second-order valence-electron chi connectivity index (χ2n) is 3.96. The summed E-state index contributed by atoms with van der Waals surface area (Å²) in [6, 6.07) is 0. The Hall–Kier alpha value is -0.0400. The van der Waals surface area contributed by atoms with Crippen LogP contribution in [0.1, 0.15) is 59.8 Å². The molecule has 1 fully saturated rings. The zero-order valence-corrected chi connectivity index (χ0v) is 9.81. The molecule has 1 atom stereocenters. The maximum Gasteiger partial charge on any atom is 0.0575 e. The molecule has 0 radical (unpaired) electrons. The molecule has 13 heavy (non-hydrogen) atoms. The van der Waals surface area contributed by atoms with Crippen molar-refractivity contribution < 1.29 is 4.74 Å². The third-order valence-corrected chi connectivity index (χ3v) is 2.34. The van der Waals surface area contributed by atoms with Crippen LogP contribution in [0.5, 0.6) is 0 Å². The third-order valence-electron chi connectivity index (χ3n) is 2.34. The Morgan fingerprint density at radius 1 is 1.23 bits per heavy atom. The van der Waals surface area contributed by atoms with Gasteiger partial charge in [0, 0.05) is 6.61 Å². The molecule has 1 unspecified atom stereocenters. The molecule has 0 aliphatic carbocycles. The summed E-state index contributed by atoms with van der Waals surface area (Å²) in [5, 5.41) is 0. The molecule has 80 valence electrons. The van der Waals surface area contributed by atoms with Gasteiger partial charge >= 0.3 is 0 Å². The van der Waals surface area contributed by atoms with E-state index in [1.54, 1.807) is 0 Å². The van der Waals surface area contributed by atoms with Gasteiger partial charge in [0.05, 0.1) is 6.10 Å². The lowest BCUT2D eigenvalue weighted by molar-refractivity contribution is 0.00831. The summed E-state index contributed by atoms with van der Waals surface area (Å²) >= 11 is 0. The summed E-state index contributed by atoms with van der Waals surface area (Å²) < 4.78 is 5.63. The maximum absolute atomic E-state index is 5.63. The van der Waals surface area contributed by atoms with Crippen LogP contribution in [0, 0.1) is 5.92 Å². The lowest BCUT2D eigenvalue weighted by Crippen LogP contribution is -2.19. The van der Waals surface area contributed by atoms with Gasteiger partial charge in [-0.2, -0.15) is 0 Å². The molecule has 0 spiro atoms. The average Bonchev–Trinajstić information content (AvgIpc) is 2.19. The van der Waals surface area contributed by atoms with Crippen molar-refractivity contribution in [3.05, 3.63) is 0 Å². The van der Waals surface area contributed by atoms with Crippen LogP contribution in [0.3, 0.4) is 0 Å².